The van der Waals surface area contributed by atoms with Crippen LogP contribution in [0.3, 0.4) is 0 Å². The first-order chi connectivity index (χ1) is 19.9. The van der Waals surface area contributed by atoms with Crippen molar-refractivity contribution in [3.05, 3.63) is 78.3 Å². The molecule has 2 amide bonds. The van der Waals surface area contributed by atoms with E-state index in [1.807, 2.05) is 56.3 Å². The van der Waals surface area contributed by atoms with Gasteiger partial charge in [0.05, 0.1) is 17.6 Å². The van der Waals surface area contributed by atoms with Crippen LogP contribution in [0, 0.1) is 0 Å². The van der Waals surface area contributed by atoms with Gasteiger partial charge in [0.15, 0.2) is 5.65 Å². The van der Waals surface area contributed by atoms with Gasteiger partial charge in [0.1, 0.15) is 17.7 Å². The molecule has 0 bridgehead atoms. The van der Waals surface area contributed by atoms with Crippen molar-refractivity contribution >= 4 is 23.3 Å². The van der Waals surface area contributed by atoms with E-state index >= 15 is 0 Å². The fraction of sp³-hybridized carbons (Fsp3) is 0.276. The summed E-state index contributed by atoms with van der Waals surface area (Å²) in [6.07, 6.45) is 7.11. The predicted octanol–water partition coefficient (Wildman–Crippen LogP) is 3.52. The zero-order valence-electron chi connectivity index (χ0n) is 23.0. The summed E-state index contributed by atoms with van der Waals surface area (Å²) >= 11 is 0. The van der Waals surface area contributed by atoms with E-state index in [0.717, 1.165) is 28.8 Å². The number of primary amides is 1. The number of aryl methyl sites for hydroxylation is 1. The molecule has 0 fully saturated rings. The number of carbonyl (C=O) groups excluding carboxylic acids is 2. The van der Waals surface area contributed by atoms with E-state index in [2.05, 4.69) is 25.3 Å². The molecule has 4 heterocycles. The summed E-state index contributed by atoms with van der Waals surface area (Å²) in [4.78, 5) is 41.0. The van der Waals surface area contributed by atoms with Gasteiger partial charge < -0.3 is 16.4 Å². The van der Waals surface area contributed by atoms with E-state index in [0.29, 0.717) is 37.1 Å². The molecular formula is C29H32N10O2. The molecule has 0 aliphatic carbocycles. The Balaban J connectivity index is 1.47. The summed E-state index contributed by atoms with van der Waals surface area (Å²) in [6.45, 7) is 4.58. The number of pyridine rings is 1. The minimum atomic E-state index is -0.686. The molecule has 0 spiro atoms. The summed E-state index contributed by atoms with van der Waals surface area (Å²) in [6, 6.07) is 13.7. The highest BCUT2D eigenvalue weighted by molar-refractivity contribution is 5.99. The third kappa shape index (κ3) is 5.49. The van der Waals surface area contributed by atoms with Crippen LogP contribution in [0.1, 0.15) is 59.8 Å². The lowest BCUT2D eigenvalue weighted by Gasteiger charge is -2.30. The van der Waals surface area contributed by atoms with E-state index in [1.54, 1.807) is 17.3 Å². The molecular weight excluding hydrogens is 520 g/mol. The van der Waals surface area contributed by atoms with Crippen LogP contribution in [-0.2, 0) is 6.42 Å². The molecule has 0 saturated carbocycles. The van der Waals surface area contributed by atoms with Crippen molar-refractivity contribution in [3.63, 3.8) is 0 Å². The van der Waals surface area contributed by atoms with Crippen molar-refractivity contribution in [1.29, 1.82) is 0 Å². The summed E-state index contributed by atoms with van der Waals surface area (Å²) in [5.41, 5.74) is 16.7. The van der Waals surface area contributed by atoms with E-state index in [9.17, 15) is 9.59 Å². The minimum absolute atomic E-state index is 0.119. The monoisotopic (exact) mass is 552 g/mol. The Kier molecular flexibility index (Phi) is 7.99. The summed E-state index contributed by atoms with van der Waals surface area (Å²) < 4.78 is 1.43. The maximum absolute atomic E-state index is 13.2. The van der Waals surface area contributed by atoms with Gasteiger partial charge in [0, 0.05) is 35.5 Å². The number of hydrogen-bond acceptors (Lipinski definition) is 8. The van der Waals surface area contributed by atoms with Gasteiger partial charge in [-0.05, 0) is 31.7 Å². The van der Waals surface area contributed by atoms with Gasteiger partial charge in [-0.25, -0.2) is 9.97 Å². The smallest absolute Gasteiger partial charge is 0.291 e. The number of benzene rings is 1. The minimum Gasteiger partial charge on any atom is -0.383 e. The van der Waals surface area contributed by atoms with Crippen LogP contribution in [0.25, 0.3) is 28.0 Å². The normalized spacial score (nSPS) is 12.0. The molecule has 5 rings (SSSR count). The number of aromatic nitrogens is 7. The second-order valence-corrected chi connectivity index (χ2v) is 9.71. The Bertz CT molecular complexity index is 1650. The molecule has 12 nitrogen and oxygen atoms in total. The highest BCUT2D eigenvalue weighted by Crippen LogP contribution is 2.29. The zero-order chi connectivity index (χ0) is 28.9. The number of nitrogens with zero attached hydrogens (tertiary/aromatic N) is 7. The van der Waals surface area contributed by atoms with Crippen molar-refractivity contribution in [2.24, 2.45) is 5.73 Å². The standard InChI is InChI=1S/C29H32N10O2/c1-3-14-38(29(41)27-33-17-34-37-27)20(4-2)11-13-23-24(26(31)40)25(30)39-28(36-23)21(16-35-39)19-10-12-22(32-15-19)18-8-6-5-7-9-18/h5-10,12,15-17,20H,3-4,11,13-14,30H2,1-2H3,(H2,31,40)(H,33,34,37)/t20-/m1/s1. The molecule has 0 aliphatic heterocycles. The SMILES string of the molecule is CCCN(C(=O)c1ncn[nH]1)[C@H](CC)CCc1nc2c(-c3ccc(-c4ccccc4)nc3)cnn2c(N)c1C(N)=O. The average Bonchev–Trinajstić information content (AvgIpc) is 3.68. The number of hydrogen-bond donors (Lipinski definition) is 3. The fourth-order valence-electron chi connectivity index (χ4n) is 5.07. The number of amides is 2. The van der Waals surface area contributed by atoms with Crippen LogP contribution < -0.4 is 11.5 Å². The van der Waals surface area contributed by atoms with Crippen LogP contribution >= 0.6 is 0 Å². The average molecular weight is 553 g/mol. The number of H-pyrrole nitrogens is 1. The number of rotatable bonds is 11. The molecule has 41 heavy (non-hydrogen) atoms. The van der Waals surface area contributed by atoms with Crippen LogP contribution in [0.4, 0.5) is 5.82 Å². The van der Waals surface area contributed by atoms with E-state index in [4.69, 9.17) is 16.5 Å². The van der Waals surface area contributed by atoms with Crippen molar-refractivity contribution in [2.45, 2.75) is 45.6 Å². The number of nitrogens with two attached hydrogens (primary N) is 2. The Hall–Kier alpha value is -5.13. The van der Waals surface area contributed by atoms with Gasteiger partial charge in [0.2, 0.25) is 5.82 Å². The van der Waals surface area contributed by atoms with Crippen molar-refractivity contribution < 1.29 is 9.59 Å². The van der Waals surface area contributed by atoms with Gasteiger partial charge in [0.25, 0.3) is 11.8 Å². The van der Waals surface area contributed by atoms with Crippen molar-refractivity contribution in [3.8, 4) is 22.4 Å². The lowest BCUT2D eigenvalue weighted by molar-refractivity contribution is 0.0650. The van der Waals surface area contributed by atoms with E-state index in [1.165, 1.54) is 10.8 Å². The van der Waals surface area contributed by atoms with Gasteiger partial charge in [-0.2, -0.15) is 14.7 Å². The largest absolute Gasteiger partial charge is 0.383 e. The number of anilines is 1. The van der Waals surface area contributed by atoms with Crippen LogP contribution in [0.5, 0.6) is 0 Å². The second kappa shape index (κ2) is 11.9. The van der Waals surface area contributed by atoms with Crippen molar-refractivity contribution in [2.75, 3.05) is 12.3 Å². The van der Waals surface area contributed by atoms with Crippen LogP contribution in [0.2, 0.25) is 0 Å². The van der Waals surface area contributed by atoms with E-state index < -0.39 is 5.91 Å². The first kappa shape index (κ1) is 27.4. The van der Waals surface area contributed by atoms with Gasteiger partial charge >= 0.3 is 0 Å². The quantitative estimate of drug-likeness (QED) is 0.223. The highest BCUT2D eigenvalue weighted by Gasteiger charge is 2.27. The lowest BCUT2D eigenvalue weighted by atomic mass is 10.0. The van der Waals surface area contributed by atoms with Gasteiger partial charge in [-0.15, -0.1) is 0 Å². The van der Waals surface area contributed by atoms with Gasteiger partial charge in [-0.1, -0.05) is 50.2 Å². The summed E-state index contributed by atoms with van der Waals surface area (Å²) in [5, 5.41) is 10.9. The number of nitrogens with one attached hydrogen (secondary N) is 1. The molecule has 12 heteroatoms. The first-order valence-electron chi connectivity index (χ1n) is 13.6. The molecule has 1 atom stereocenters. The number of fused-ring (bicyclic) bond motifs is 1. The Labute approximate surface area is 236 Å². The number of carbonyl (C=O) groups is 2. The van der Waals surface area contributed by atoms with Crippen LogP contribution in [-0.4, -0.2) is 64.1 Å². The number of aromatic amines is 1. The number of nitrogen functional groups attached to an aromatic ring is 1. The predicted molar refractivity (Wildman–Crippen MR) is 155 cm³/mol. The Morgan fingerprint density at radius 2 is 1.85 bits per heavy atom. The molecule has 1 aromatic carbocycles. The molecule has 4 aromatic heterocycles. The topological polar surface area (TPSA) is 174 Å². The summed E-state index contributed by atoms with van der Waals surface area (Å²) in [7, 11) is 0. The van der Waals surface area contributed by atoms with Gasteiger partial charge in [-0.3, -0.25) is 19.7 Å². The third-order valence-corrected chi connectivity index (χ3v) is 7.12. The molecule has 210 valence electrons. The molecule has 0 aliphatic rings. The third-order valence-electron chi connectivity index (χ3n) is 7.12. The molecule has 0 saturated heterocycles. The zero-order valence-corrected chi connectivity index (χ0v) is 23.0. The lowest BCUT2D eigenvalue weighted by Crippen LogP contribution is -2.41. The maximum atomic E-state index is 13.2. The Morgan fingerprint density at radius 1 is 1.05 bits per heavy atom. The highest BCUT2D eigenvalue weighted by atomic mass is 16.2. The van der Waals surface area contributed by atoms with Crippen molar-refractivity contribution in [1.82, 2.24) is 39.7 Å². The maximum Gasteiger partial charge on any atom is 0.291 e. The molecule has 0 unspecified atom stereocenters. The summed E-state index contributed by atoms with van der Waals surface area (Å²) in [5.74, 6) is -0.601. The Morgan fingerprint density at radius 3 is 2.49 bits per heavy atom. The van der Waals surface area contributed by atoms with Crippen LogP contribution in [0.15, 0.2) is 61.2 Å². The molecule has 5 N–H and O–H groups in total. The molecule has 0 radical (unpaired) electrons. The first-order valence-corrected chi connectivity index (χ1v) is 13.6. The van der Waals surface area contributed by atoms with E-state index in [-0.39, 0.29) is 29.2 Å². The molecule has 5 aromatic rings. The second-order valence-electron chi connectivity index (χ2n) is 9.71. The fourth-order valence-corrected chi connectivity index (χ4v) is 5.07.